The van der Waals surface area contributed by atoms with E-state index in [2.05, 4.69) is 20.7 Å². The summed E-state index contributed by atoms with van der Waals surface area (Å²) in [5, 5.41) is 2.44. The van der Waals surface area contributed by atoms with Crippen LogP contribution in [0.25, 0.3) is 10.8 Å². The predicted molar refractivity (Wildman–Crippen MR) is 88.4 cm³/mol. The van der Waals surface area contributed by atoms with Crippen molar-refractivity contribution in [2.24, 2.45) is 0 Å². The number of sulfonamides is 1. The van der Waals surface area contributed by atoms with Crippen LogP contribution >= 0.6 is 15.9 Å². The normalized spacial score (nSPS) is 11.9. The van der Waals surface area contributed by atoms with E-state index in [0.717, 1.165) is 16.1 Å². The van der Waals surface area contributed by atoms with Crippen molar-refractivity contribution in [3.63, 3.8) is 0 Å². The van der Waals surface area contributed by atoms with Gasteiger partial charge in [-0.3, -0.25) is 0 Å². The summed E-state index contributed by atoms with van der Waals surface area (Å²) in [7, 11) is -3.49. The van der Waals surface area contributed by atoms with Gasteiger partial charge in [0, 0.05) is 23.9 Å². The summed E-state index contributed by atoms with van der Waals surface area (Å²) in [6, 6.07) is 12.8. The van der Waals surface area contributed by atoms with Gasteiger partial charge in [0.05, 0.1) is 11.5 Å². The van der Waals surface area contributed by atoms with Gasteiger partial charge in [-0.2, -0.15) is 0 Å². The van der Waals surface area contributed by atoms with Crippen LogP contribution in [-0.2, 0) is 14.8 Å². The van der Waals surface area contributed by atoms with Gasteiger partial charge in [0.2, 0.25) is 10.0 Å². The highest BCUT2D eigenvalue weighted by Gasteiger charge is 2.16. The van der Waals surface area contributed by atoms with Gasteiger partial charge in [-0.15, -0.1) is 0 Å². The highest BCUT2D eigenvalue weighted by atomic mass is 79.9. The molecule has 0 fully saturated rings. The lowest BCUT2D eigenvalue weighted by Gasteiger charge is -2.09. The van der Waals surface area contributed by atoms with Crippen LogP contribution in [0.5, 0.6) is 0 Å². The van der Waals surface area contributed by atoms with Crippen LogP contribution in [0.1, 0.15) is 6.42 Å². The zero-order valence-corrected chi connectivity index (χ0v) is 14.0. The number of ether oxygens (including phenoxy) is 1. The van der Waals surface area contributed by atoms with Crippen molar-refractivity contribution >= 4 is 36.7 Å². The number of alkyl halides is 1. The predicted octanol–water partition coefficient (Wildman–Crippen LogP) is 2.92. The molecule has 0 saturated heterocycles. The molecule has 1 N–H and O–H groups in total. The maximum absolute atomic E-state index is 12.4. The largest absolute Gasteiger partial charge is 0.381 e. The monoisotopic (exact) mass is 371 g/mol. The smallest absolute Gasteiger partial charge is 0.241 e. The molecule has 0 spiro atoms. The number of rotatable bonds is 8. The summed E-state index contributed by atoms with van der Waals surface area (Å²) < 4.78 is 32.7. The molecule has 114 valence electrons. The van der Waals surface area contributed by atoms with Crippen molar-refractivity contribution in [3.05, 3.63) is 42.5 Å². The number of hydrogen-bond donors (Lipinski definition) is 1. The molecule has 0 atom stereocenters. The highest BCUT2D eigenvalue weighted by molar-refractivity contribution is 9.09. The number of fused-ring (bicyclic) bond motifs is 1. The van der Waals surface area contributed by atoms with E-state index in [9.17, 15) is 8.42 Å². The van der Waals surface area contributed by atoms with Crippen molar-refractivity contribution in [1.82, 2.24) is 4.72 Å². The second-order valence-corrected chi connectivity index (χ2v) is 7.06. The lowest BCUT2D eigenvalue weighted by atomic mass is 10.1. The highest BCUT2D eigenvalue weighted by Crippen LogP contribution is 2.22. The van der Waals surface area contributed by atoms with E-state index in [1.807, 2.05) is 30.3 Å². The van der Waals surface area contributed by atoms with Gasteiger partial charge >= 0.3 is 0 Å². The van der Waals surface area contributed by atoms with Gasteiger partial charge in [0.25, 0.3) is 0 Å². The number of halogens is 1. The third-order valence-electron chi connectivity index (χ3n) is 3.02. The Morgan fingerprint density at radius 3 is 2.62 bits per heavy atom. The summed E-state index contributed by atoms with van der Waals surface area (Å²) in [6.07, 6.45) is 0.650. The van der Waals surface area contributed by atoms with Crippen LogP contribution in [-0.4, -0.2) is 33.5 Å². The zero-order chi connectivity index (χ0) is 15.1. The molecule has 0 heterocycles. The van der Waals surface area contributed by atoms with Crippen molar-refractivity contribution in [3.8, 4) is 0 Å². The maximum atomic E-state index is 12.4. The summed E-state index contributed by atoms with van der Waals surface area (Å²) >= 11 is 3.27. The molecule has 0 radical (unpaired) electrons. The fourth-order valence-electron chi connectivity index (χ4n) is 2.05. The molecule has 0 saturated carbocycles. The molecular weight excluding hydrogens is 354 g/mol. The van der Waals surface area contributed by atoms with Crippen molar-refractivity contribution in [2.75, 3.05) is 25.1 Å². The van der Waals surface area contributed by atoms with E-state index in [4.69, 9.17) is 4.74 Å². The average molecular weight is 372 g/mol. The van der Waals surface area contributed by atoms with Gasteiger partial charge in [-0.05, 0) is 17.9 Å². The Hall–Kier alpha value is -0.950. The van der Waals surface area contributed by atoms with Gasteiger partial charge in [-0.1, -0.05) is 52.3 Å². The molecule has 2 aromatic carbocycles. The first kappa shape index (κ1) is 16.4. The number of hydrogen-bond acceptors (Lipinski definition) is 3. The van der Waals surface area contributed by atoms with Crippen molar-refractivity contribution < 1.29 is 13.2 Å². The van der Waals surface area contributed by atoms with E-state index in [0.29, 0.717) is 31.1 Å². The van der Waals surface area contributed by atoms with Crippen LogP contribution in [0.2, 0.25) is 0 Å². The zero-order valence-electron chi connectivity index (χ0n) is 11.6. The topological polar surface area (TPSA) is 55.4 Å². The molecule has 0 bridgehead atoms. The molecular formula is C15H18BrNO3S. The van der Waals surface area contributed by atoms with E-state index in [-0.39, 0.29) is 0 Å². The van der Waals surface area contributed by atoms with Crippen LogP contribution in [0, 0.1) is 0 Å². The fourth-order valence-corrected chi connectivity index (χ4v) is 3.58. The molecule has 0 aliphatic rings. The number of nitrogens with one attached hydrogen (secondary N) is 1. The maximum Gasteiger partial charge on any atom is 0.241 e. The van der Waals surface area contributed by atoms with E-state index < -0.39 is 10.0 Å². The van der Waals surface area contributed by atoms with Crippen molar-refractivity contribution in [2.45, 2.75) is 11.3 Å². The van der Waals surface area contributed by atoms with Crippen molar-refractivity contribution in [1.29, 1.82) is 0 Å². The van der Waals surface area contributed by atoms with Gasteiger partial charge in [-0.25, -0.2) is 13.1 Å². The Kier molecular flexibility index (Phi) is 6.17. The average Bonchev–Trinajstić information content (AvgIpc) is 2.50. The minimum Gasteiger partial charge on any atom is -0.381 e. The second-order valence-electron chi connectivity index (χ2n) is 4.53. The minimum absolute atomic E-state index is 0.321. The molecule has 4 nitrogen and oxygen atoms in total. The first-order valence-electron chi connectivity index (χ1n) is 6.76. The fraction of sp³-hybridized carbons (Fsp3) is 0.333. The molecule has 6 heteroatoms. The van der Waals surface area contributed by atoms with E-state index in [1.54, 1.807) is 12.1 Å². The standard InChI is InChI=1S/C15H18BrNO3S/c16-9-12-20-11-4-10-17-21(18,19)15-8-3-6-13-5-1-2-7-14(13)15/h1-3,5-8,17H,4,9-12H2. The summed E-state index contributed by atoms with van der Waals surface area (Å²) in [5.74, 6) is 0. The molecule has 0 aliphatic carbocycles. The molecule has 2 rings (SSSR count). The third-order valence-corrected chi connectivity index (χ3v) is 4.86. The first-order valence-corrected chi connectivity index (χ1v) is 9.37. The van der Waals surface area contributed by atoms with Gasteiger partial charge in [0.1, 0.15) is 0 Å². The Balaban J connectivity index is 2.05. The van der Waals surface area contributed by atoms with E-state index >= 15 is 0 Å². The quantitative estimate of drug-likeness (QED) is 0.573. The Bertz CT molecular complexity index is 683. The summed E-state index contributed by atoms with van der Waals surface area (Å²) in [5.41, 5.74) is 0. The molecule has 0 aliphatic heterocycles. The van der Waals surface area contributed by atoms with E-state index in [1.165, 1.54) is 0 Å². The summed E-state index contributed by atoms with van der Waals surface area (Å²) in [6.45, 7) is 1.55. The van der Waals surface area contributed by atoms with Crippen LogP contribution < -0.4 is 4.72 Å². The molecule has 0 aromatic heterocycles. The van der Waals surface area contributed by atoms with Gasteiger partial charge in [0.15, 0.2) is 0 Å². The minimum atomic E-state index is -3.49. The first-order chi connectivity index (χ1) is 10.1. The lowest BCUT2D eigenvalue weighted by molar-refractivity contribution is 0.149. The Labute approximate surface area is 133 Å². The van der Waals surface area contributed by atoms with Crippen LogP contribution in [0.15, 0.2) is 47.4 Å². The molecule has 21 heavy (non-hydrogen) atoms. The molecule has 0 unspecified atom stereocenters. The van der Waals surface area contributed by atoms with Crippen LogP contribution in [0.3, 0.4) is 0 Å². The van der Waals surface area contributed by atoms with Crippen LogP contribution in [0.4, 0.5) is 0 Å². The molecule has 2 aromatic rings. The Morgan fingerprint density at radius 1 is 1.05 bits per heavy atom. The Morgan fingerprint density at radius 2 is 1.81 bits per heavy atom. The second kappa shape index (κ2) is 7.89. The van der Waals surface area contributed by atoms with Gasteiger partial charge < -0.3 is 4.74 Å². The third kappa shape index (κ3) is 4.51. The lowest BCUT2D eigenvalue weighted by Crippen LogP contribution is -2.25. The summed E-state index contributed by atoms with van der Waals surface area (Å²) in [4.78, 5) is 0.321. The number of benzene rings is 2. The SMILES string of the molecule is O=S(=O)(NCCCOCCBr)c1cccc2ccccc12. The molecule has 0 amide bonds.